The Morgan fingerprint density at radius 1 is 1.24 bits per heavy atom. The molecule has 17 heavy (non-hydrogen) atoms. The van der Waals surface area contributed by atoms with Gasteiger partial charge in [0.05, 0.1) is 11.1 Å². The summed E-state index contributed by atoms with van der Waals surface area (Å²) in [5.74, 6) is -0.119. The number of aromatic nitrogens is 2. The molecule has 0 amide bonds. The summed E-state index contributed by atoms with van der Waals surface area (Å²) in [6.45, 7) is 0. The number of rotatable bonds is 2. The fourth-order valence-electron chi connectivity index (χ4n) is 1.32. The number of hydrogen-bond acceptors (Lipinski definition) is 6. The van der Waals surface area contributed by atoms with Gasteiger partial charge in [-0.2, -0.15) is 10.5 Å². The van der Waals surface area contributed by atoms with Gasteiger partial charge in [0.1, 0.15) is 17.7 Å². The number of fused-ring (bicyclic) bond motifs is 1. The lowest BCUT2D eigenvalue weighted by Gasteiger charge is -2.02. The van der Waals surface area contributed by atoms with Crippen molar-refractivity contribution in [2.45, 2.75) is 0 Å². The first kappa shape index (κ1) is 10.9. The van der Waals surface area contributed by atoms with E-state index in [0.717, 1.165) is 0 Å². The molecule has 0 bridgehead atoms. The molecule has 0 saturated heterocycles. The summed E-state index contributed by atoms with van der Waals surface area (Å²) in [4.78, 5) is 7.95. The van der Waals surface area contributed by atoms with Crippen LogP contribution in [0.4, 0.5) is 0 Å². The van der Waals surface area contributed by atoms with Gasteiger partial charge >= 0.3 is 8.69 Å². The zero-order valence-electron chi connectivity index (χ0n) is 8.28. The summed E-state index contributed by atoms with van der Waals surface area (Å²) in [5.41, 5.74) is 0.935. The van der Waals surface area contributed by atoms with Crippen LogP contribution < -0.4 is 4.52 Å². The van der Waals surface area contributed by atoms with E-state index in [4.69, 9.17) is 10.5 Å². The lowest BCUT2D eigenvalue weighted by molar-refractivity contribution is 0.513. The van der Waals surface area contributed by atoms with Crippen LogP contribution in [0.15, 0.2) is 18.2 Å². The summed E-state index contributed by atoms with van der Waals surface area (Å²) in [6.07, 6.45) is 0. The number of hydrogen-bond donors (Lipinski definition) is 0. The van der Waals surface area contributed by atoms with Crippen molar-refractivity contribution in [1.29, 1.82) is 10.5 Å². The average Bonchev–Trinajstić information content (AvgIpc) is 2.37. The van der Waals surface area contributed by atoms with E-state index < -0.39 is 8.69 Å². The van der Waals surface area contributed by atoms with Crippen molar-refractivity contribution in [2.24, 2.45) is 0 Å². The molecule has 0 aliphatic carbocycles. The lowest BCUT2D eigenvalue weighted by atomic mass is 10.2. The second-order valence-electron chi connectivity index (χ2n) is 2.94. The minimum atomic E-state index is -0.616. The van der Waals surface area contributed by atoms with E-state index in [1.165, 1.54) is 0 Å². The number of nitriles is 2. The first-order chi connectivity index (χ1) is 8.30. The van der Waals surface area contributed by atoms with Crippen LogP contribution in [0, 0.1) is 22.7 Å². The van der Waals surface area contributed by atoms with Gasteiger partial charge in [-0.15, -0.1) is 0 Å². The third kappa shape index (κ3) is 1.90. The molecule has 0 unspecified atom stereocenters. The molecule has 2 aromatic rings. The van der Waals surface area contributed by atoms with Gasteiger partial charge in [0.25, 0.3) is 5.88 Å². The first-order valence-corrected chi connectivity index (χ1v) is 5.14. The van der Waals surface area contributed by atoms with E-state index in [1.54, 1.807) is 24.3 Å². The molecular weight excluding hydrogens is 239 g/mol. The Balaban J connectivity index is 2.80. The van der Waals surface area contributed by atoms with Gasteiger partial charge in [0, 0.05) is 0 Å². The second kappa shape index (κ2) is 4.52. The average molecular weight is 242 g/mol. The first-order valence-electron chi connectivity index (χ1n) is 4.40. The van der Waals surface area contributed by atoms with E-state index in [2.05, 4.69) is 14.5 Å². The summed E-state index contributed by atoms with van der Waals surface area (Å²) in [5, 5.41) is 17.7. The summed E-state index contributed by atoms with van der Waals surface area (Å²) in [7, 11) is -0.616. The van der Waals surface area contributed by atoms with Gasteiger partial charge in [-0.25, -0.2) is 14.5 Å². The van der Waals surface area contributed by atoms with E-state index in [-0.39, 0.29) is 11.6 Å². The summed E-state index contributed by atoms with van der Waals surface area (Å²) < 4.78 is 15.0. The highest BCUT2D eigenvalue weighted by atomic mass is 31.1. The molecule has 7 heteroatoms. The highest BCUT2D eigenvalue weighted by Crippen LogP contribution is 2.22. The van der Waals surface area contributed by atoms with Crippen molar-refractivity contribution in [3.63, 3.8) is 0 Å². The fraction of sp³-hybridized carbons (Fsp3) is 0. The predicted molar refractivity (Wildman–Crippen MR) is 57.2 cm³/mol. The van der Waals surface area contributed by atoms with E-state index in [9.17, 15) is 4.57 Å². The molecule has 0 atom stereocenters. The molecule has 6 nitrogen and oxygen atoms in total. The van der Waals surface area contributed by atoms with Crippen LogP contribution in [0.2, 0.25) is 0 Å². The minimum Gasteiger partial charge on any atom is -0.385 e. The highest BCUT2D eigenvalue weighted by molar-refractivity contribution is 7.17. The molecule has 1 aromatic heterocycles. The predicted octanol–water partition coefficient (Wildman–Crippen LogP) is 1.96. The molecule has 0 saturated carbocycles. The monoisotopic (exact) mass is 242 g/mol. The molecule has 1 aromatic carbocycles. The molecule has 0 aliphatic heterocycles. The van der Waals surface area contributed by atoms with Crippen molar-refractivity contribution < 1.29 is 9.09 Å². The zero-order valence-corrected chi connectivity index (χ0v) is 9.18. The van der Waals surface area contributed by atoms with Crippen molar-refractivity contribution in [1.82, 2.24) is 9.97 Å². The zero-order chi connectivity index (χ0) is 12.3. The Hall–Kier alpha value is -2.56. The van der Waals surface area contributed by atoms with Gasteiger partial charge in [-0.3, -0.25) is 0 Å². The van der Waals surface area contributed by atoms with E-state index in [0.29, 0.717) is 16.6 Å². The molecule has 2 rings (SSSR count). The topological polar surface area (TPSA) is 99.7 Å². The van der Waals surface area contributed by atoms with Crippen LogP contribution in [0.1, 0.15) is 11.3 Å². The van der Waals surface area contributed by atoms with Crippen molar-refractivity contribution in [3.8, 4) is 18.0 Å². The Morgan fingerprint density at radius 2 is 2.06 bits per heavy atom. The SMILES string of the molecule is N#Cc1nc2c(C#N)cccc2nc1OP=O. The van der Waals surface area contributed by atoms with Crippen LogP contribution in [-0.4, -0.2) is 9.97 Å². The Morgan fingerprint density at radius 3 is 2.71 bits per heavy atom. The Labute approximate surface area is 97.4 Å². The Bertz CT molecular complexity index is 687. The van der Waals surface area contributed by atoms with Crippen molar-refractivity contribution in [2.75, 3.05) is 0 Å². The molecule has 0 spiro atoms. The van der Waals surface area contributed by atoms with Crippen LogP contribution in [-0.2, 0) is 4.57 Å². The summed E-state index contributed by atoms with van der Waals surface area (Å²) >= 11 is 0. The third-order valence-corrected chi connectivity index (χ3v) is 2.26. The number of para-hydroxylation sites is 1. The molecule has 80 valence electrons. The smallest absolute Gasteiger partial charge is 0.385 e. The Kier molecular flexibility index (Phi) is 2.91. The standard InChI is InChI=1S/C10H3N4O2P/c11-4-6-2-1-3-7-9(6)13-8(5-12)10(14-7)16-17-15/h1-3H. The molecule has 0 radical (unpaired) electrons. The quantitative estimate of drug-likeness (QED) is 0.746. The second-order valence-corrected chi connectivity index (χ2v) is 3.27. The normalized spacial score (nSPS) is 9.76. The molecule has 0 N–H and O–H groups in total. The van der Waals surface area contributed by atoms with Gasteiger partial charge in [0.15, 0.2) is 0 Å². The van der Waals surface area contributed by atoms with Crippen molar-refractivity contribution in [3.05, 3.63) is 29.5 Å². The molecule has 1 heterocycles. The maximum absolute atomic E-state index is 10.3. The molecular formula is C10H3N4O2P. The third-order valence-electron chi connectivity index (χ3n) is 2.01. The molecule has 0 aliphatic rings. The molecule has 0 fully saturated rings. The van der Waals surface area contributed by atoms with Crippen LogP contribution >= 0.6 is 8.69 Å². The van der Waals surface area contributed by atoms with Crippen LogP contribution in [0.3, 0.4) is 0 Å². The largest absolute Gasteiger partial charge is 0.397 e. The summed E-state index contributed by atoms with van der Waals surface area (Å²) in [6, 6.07) is 8.57. The highest BCUT2D eigenvalue weighted by Gasteiger charge is 2.12. The number of nitrogens with zero attached hydrogens (tertiary/aromatic N) is 4. The maximum atomic E-state index is 10.3. The van der Waals surface area contributed by atoms with Gasteiger partial charge in [0.2, 0.25) is 5.69 Å². The number of benzene rings is 1. The van der Waals surface area contributed by atoms with E-state index >= 15 is 0 Å². The lowest BCUT2D eigenvalue weighted by Crippen LogP contribution is -1.95. The van der Waals surface area contributed by atoms with Gasteiger partial charge < -0.3 is 4.52 Å². The van der Waals surface area contributed by atoms with Crippen LogP contribution in [0.25, 0.3) is 11.0 Å². The van der Waals surface area contributed by atoms with Gasteiger partial charge in [-0.1, -0.05) is 6.07 Å². The fourth-order valence-corrected chi connectivity index (χ4v) is 1.52. The van der Waals surface area contributed by atoms with Gasteiger partial charge in [-0.05, 0) is 12.1 Å². The maximum Gasteiger partial charge on any atom is 0.397 e. The van der Waals surface area contributed by atoms with Crippen molar-refractivity contribution >= 4 is 19.7 Å². The minimum absolute atomic E-state index is 0.108. The van der Waals surface area contributed by atoms with E-state index in [1.807, 2.05) is 6.07 Å². The van der Waals surface area contributed by atoms with Crippen LogP contribution in [0.5, 0.6) is 5.88 Å².